The molecule has 2 fully saturated rings. The fraction of sp³-hybridized carbons (Fsp3) is 0.929. The molecule has 0 aromatic rings. The summed E-state index contributed by atoms with van der Waals surface area (Å²) in [4.78, 5) is 14.8. The van der Waals surface area contributed by atoms with Crippen LogP contribution in [0.2, 0.25) is 0 Å². The minimum Gasteiger partial charge on any atom is -0.353 e. The molecule has 1 saturated carbocycles. The summed E-state index contributed by atoms with van der Waals surface area (Å²) in [5, 5.41) is 3.26. The van der Waals surface area contributed by atoms with E-state index in [-0.39, 0.29) is 36.1 Å². The molecule has 2 rings (SSSR count). The number of nitrogens with one attached hydrogen (secondary N) is 1. The van der Waals surface area contributed by atoms with Crippen LogP contribution in [-0.2, 0) is 4.79 Å². The largest absolute Gasteiger partial charge is 0.353 e. The molecule has 0 aromatic heterocycles. The van der Waals surface area contributed by atoms with Crippen LogP contribution in [0.25, 0.3) is 0 Å². The summed E-state index contributed by atoms with van der Waals surface area (Å²) in [6.45, 7) is 3.80. The Balaban J connectivity index is 0.00000180. The van der Waals surface area contributed by atoms with Gasteiger partial charge in [0.2, 0.25) is 5.91 Å². The fourth-order valence-electron chi connectivity index (χ4n) is 3.33. The lowest BCUT2D eigenvalue weighted by Gasteiger charge is -2.37. The maximum atomic E-state index is 12.5. The van der Waals surface area contributed by atoms with Crippen LogP contribution in [0.5, 0.6) is 0 Å². The highest BCUT2D eigenvalue weighted by atomic mass is 35.5. The predicted molar refractivity (Wildman–Crippen MR) is 87.7 cm³/mol. The van der Waals surface area contributed by atoms with Crippen LogP contribution in [0.1, 0.15) is 45.4 Å². The van der Waals surface area contributed by atoms with E-state index in [0.717, 1.165) is 45.1 Å². The van der Waals surface area contributed by atoms with Gasteiger partial charge in [-0.15, -0.1) is 24.8 Å². The van der Waals surface area contributed by atoms with E-state index in [0.29, 0.717) is 18.6 Å². The van der Waals surface area contributed by atoms with E-state index in [4.69, 9.17) is 5.73 Å². The van der Waals surface area contributed by atoms with Crippen molar-refractivity contribution in [1.82, 2.24) is 10.2 Å². The first-order chi connectivity index (χ1) is 8.57. The van der Waals surface area contributed by atoms with Crippen molar-refractivity contribution in [3.05, 3.63) is 0 Å². The van der Waals surface area contributed by atoms with Gasteiger partial charge in [0.15, 0.2) is 0 Å². The SMILES string of the molecule is CC1CC(NC(=O)C2(CN)CCCC2)CCN1C.Cl.Cl. The number of likely N-dealkylation sites (tertiary alicyclic amines) is 1. The van der Waals surface area contributed by atoms with Crippen LogP contribution in [0, 0.1) is 5.41 Å². The predicted octanol–water partition coefficient (Wildman–Crippen LogP) is 1.95. The second-order valence-electron chi connectivity index (χ2n) is 6.22. The standard InChI is InChI=1S/C14H27N3O.2ClH/c1-11-9-12(5-8-17(11)2)16-13(18)14(10-15)6-3-4-7-14;;/h11-12H,3-10,15H2,1-2H3,(H,16,18);2*1H. The third-order valence-electron chi connectivity index (χ3n) is 4.98. The molecule has 4 nitrogen and oxygen atoms in total. The third kappa shape index (κ3) is 4.23. The highest BCUT2D eigenvalue weighted by Gasteiger charge is 2.40. The third-order valence-corrected chi connectivity index (χ3v) is 4.98. The summed E-state index contributed by atoms with van der Waals surface area (Å²) in [6.07, 6.45) is 6.36. The number of carbonyl (C=O) groups is 1. The molecular formula is C14H29Cl2N3O. The van der Waals surface area contributed by atoms with Crippen LogP contribution in [0.15, 0.2) is 0 Å². The second-order valence-corrected chi connectivity index (χ2v) is 6.22. The van der Waals surface area contributed by atoms with E-state index < -0.39 is 0 Å². The van der Waals surface area contributed by atoms with Crippen LogP contribution in [0.4, 0.5) is 0 Å². The molecule has 2 unspecified atom stereocenters. The molecule has 3 N–H and O–H groups in total. The van der Waals surface area contributed by atoms with Crippen molar-refractivity contribution >= 4 is 30.7 Å². The minimum absolute atomic E-state index is 0. The molecule has 2 atom stereocenters. The highest BCUT2D eigenvalue weighted by molar-refractivity contribution is 5.85. The molecule has 1 heterocycles. The molecule has 0 radical (unpaired) electrons. The number of nitrogens with two attached hydrogens (primary N) is 1. The van der Waals surface area contributed by atoms with Crippen molar-refractivity contribution in [3.63, 3.8) is 0 Å². The quantitative estimate of drug-likeness (QED) is 0.833. The zero-order chi connectivity index (χ0) is 13.2. The van der Waals surface area contributed by atoms with Crippen LogP contribution >= 0.6 is 24.8 Å². The van der Waals surface area contributed by atoms with Gasteiger partial charge in [-0.25, -0.2) is 0 Å². The number of carbonyl (C=O) groups excluding carboxylic acids is 1. The van der Waals surface area contributed by atoms with Gasteiger partial charge in [0.1, 0.15) is 0 Å². The molecular weight excluding hydrogens is 297 g/mol. The van der Waals surface area contributed by atoms with Gasteiger partial charge >= 0.3 is 0 Å². The Morgan fingerprint density at radius 2 is 1.95 bits per heavy atom. The number of hydrogen-bond donors (Lipinski definition) is 2. The maximum absolute atomic E-state index is 12.5. The maximum Gasteiger partial charge on any atom is 0.227 e. The van der Waals surface area contributed by atoms with Gasteiger partial charge < -0.3 is 16.0 Å². The molecule has 1 amide bonds. The van der Waals surface area contributed by atoms with Gasteiger partial charge in [-0.3, -0.25) is 4.79 Å². The monoisotopic (exact) mass is 325 g/mol. The van der Waals surface area contributed by atoms with Crippen LogP contribution in [-0.4, -0.2) is 43.0 Å². The lowest BCUT2D eigenvalue weighted by atomic mass is 9.84. The number of halogens is 2. The van der Waals surface area contributed by atoms with Crippen LogP contribution in [0.3, 0.4) is 0 Å². The molecule has 0 spiro atoms. The molecule has 1 saturated heterocycles. The van der Waals surface area contributed by atoms with E-state index in [9.17, 15) is 4.79 Å². The summed E-state index contributed by atoms with van der Waals surface area (Å²) in [5.41, 5.74) is 5.60. The molecule has 1 aliphatic carbocycles. The van der Waals surface area contributed by atoms with E-state index in [2.05, 4.69) is 24.2 Å². The lowest BCUT2D eigenvalue weighted by molar-refractivity contribution is -0.131. The van der Waals surface area contributed by atoms with E-state index in [1.165, 1.54) is 0 Å². The van der Waals surface area contributed by atoms with E-state index in [1.807, 2.05) is 0 Å². The van der Waals surface area contributed by atoms with Crippen molar-refractivity contribution in [2.45, 2.75) is 57.5 Å². The van der Waals surface area contributed by atoms with Crippen molar-refractivity contribution in [3.8, 4) is 0 Å². The normalized spacial score (nSPS) is 29.1. The average molecular weight is 326 g/mol. The second kappa shape index (κ2) is 8.42. The highest BCUT2D eigenvalue weighted by Crippen LogP contribution is 2.37. The van der Waals surface area contributed by atoms with Gasteiger partial charge in [-0.05, 0) is 39.7 Å². The smallest absolute Gasteiger partial charge is 0.227 e. The number of nitrogens with zero attached hydrogens (tertiary/aromatic N) is 1. The van der Waals surface area contributed by atoms with Gasteiger partial charge in [-0.2, -0.15) is 0 Å². The Morgan fingerprint density at radius 1 is 1.35 bits per heavy atom. The van der Waals surface area contributed by atoms with Gasteiger partial charge in [-0.1, -0.05) is 12.8 Å². The van der Waals surface area contributed by atoms with Crippen LogP contribution < -0.4 is 11.1 Å². The van der Waals surface area contributed by atoms with Gasteiger partial charge in [0.25, 0.3) is 0 Å². The number of piperidine rings is 1. The first-order valence-corrected chi connectivity index (χ1v) is 7.29. The van der Waals surface area contributed by atoms with Crippen molar-refractivity contribution < 1.29 is 4.79 Å². The molecule has 0 bridgehead atoms. The topological polar surface area (TPSA) is 58.4 Å². The zero-order valence-electron chi connectivity index (χ0n) is 12.6. The van der Waals surface area contributed by atoms with E-state index in [1.54, 1.807) is 0 Å². The summed E-state index contributed by atoms with van der Waals surface area (Å²) >= 11 is 0. The summed E-state index contributed by atoms with van der Waals surface area (Å²) in [7, 11) is 2.15. The average Bonchev–Trinajstić information content (AvgIpc) is 2.84. The number of amides is 1. The summed E-state index contributed by atoms with van der Waals surface area (Å²) in [6, 6.07) is 0.897. The lowest BCUT2D eigenvalue weighted by Crippen LogP contribution is -2.52. The Morgan fingerprint density at radius 3 is 2.45 bits per heavy atom. The molecule has 0 aromatic carbocycles. The molecule has 20 heavy (non-hydrogen) atoms. The first-order valence-electron chi connectivity index (χ1n) is 7.29. The van der Waals surface area contributed by atoms with Crippen molar-refractivity contribution in [2.24, 2.45) is 11.1 Å². The molecule has 1 aliphatic heterocycles. The Hall–Kier alpha value is -0.0300. The Bertz CT molecular complexity index is 309. The van der Waals surface area contributed by atoms with Gasteiger partial charge in [0, 0.05) is 25.2 Å². The molecule has 2 aliphatic rings. The van der Waals surface area contributed by atoms with Crippen molar-refractivity contribution in [2.75, 3.05) is 20.1 Å². The van der Waals surface area contributed by atoms with Gasteiger partial charge in [0.05, 0.1) is 5.41 Å². The summed E-state index contributed by atoms with van der Waals surface area (Å²) in [5.74, 6) is 0.212. The van der Waals surface area contributed by atoms with Crippen molar-refractivity contribution in [1.29, 1.82) is 0 Å². The minimum atomic E-state index is -0.257. The first kappa shape index (κ1) is 20.0. The Kier molecular flexibility index (Phi) is 8.41. The molecule has 6 heteroatoms. The van der Waals surface area contributed by atoms with E-state index >= 15 is 0 Å². The number of rotatable bonds is 3. The summed E-state index contributed by atoms with van der Waals surface area (Å²) < 4.78 is 0. The zero-order valence-corrected chi connectivity index (χ0v) is 14.2. The Labute approximate surface area is 135 Å². The number of hydrogen-bond acceptors (Lipinski definition) is 3. The molecule has 120 valence electrons. The fourth-order valence-corrected chi connectivity index (χ4v) is 3.33.